The fourth-order valence-electron chi connectivity index (χ4n) is 1.23. The quantitative estimate of drug-likeness (QED) is 0.529. The van der Waals surface area contributed by atoms with Crippen molar-refractivity contribution in [2.45, 2.75) is 13.0 Å². The van der Waals surface area contributed by atoms with Crippen molar-refractivity contribution < 1.29 is 9.90 Å². The Kier molecular flexibility index (Phi) is 4.19. The normalized spacial score (nSPS) is 12.1. The van der Waals surface area contributed by atoms with Gasteiger partial charge in [-0.15, -0.1) is 0 Å². The van der Waals surface area contributed by atoms with Crippen LogP contribution in [0.1, 0.15) is 18.5 Å². The third kappa shape index (κ3) is 2.60. The number of nitrogens with zero attached hydrogens (tertiary/aromatic N) is 1. The second kappa shape index (κ2) is 5.19. The van der Waals surface area contributed by atoms with Crippen LogP contribution < -0.4 is 0 Å². The van der Waals surface area contributed by atoms with E-state index in [1.54, 1.807) is 0 Å². The van der Waals surface area contributed by atoms with Gasteiger partial charge in [0.15, 0.2) is 0 Å². The molecule has 0 aliphatic rings. The third-order valence-electron chi connectivity index (χ3n) is 2.12. The molecule has 0 saturated carbocycles. The first kappa shape index (κ1) is 11.3. The molecule has 1 atom stereocenters. The second-order valence-corrected chi connectivity index (χ2v) is 3.64. The Morgan fingerprint density at radius 2 is 2.07 bits per heavy atom. The smallest absolute Gasteiger partial charge is 0.408 e. The minimum absolute atomic E-state index is 0.0920. The van der Waals surface area contributed by atoms with Gasteiger partial charge in [-0.05, 0) is 12.5 Å². The topological polar surface area (TPSA) is 40.5 Å². The molecule has 0 spiro atoms. The molecule has 1 aromatic rings. The standard InChI is InChI=1S/C10H12INO2/c1-8(12(7-11)10(13)14)9-5-3-2-4-6-9/h2-6,8H,7H2,1H3,(H,13,14). The summed E-state index contributed by atoms with van der Waals surface area (Å²) < 4.78 is 0.475. The summed E-state index contributed by atoms with van der Waals surface area (Å²) in [5, 5.41) is 8.93. The molecule has 0 bridgehead atoms. The fourth-order valence-corrected chi connectivity index (χ4v) is 2.11. The van der Waals surface area contributed by atoms with Crippen LogP contribution in [0, 0.1) is 0 Å². The highest BCUT2D eigenvalue weighted by Gasteiger charge is 2.18. The highest BCUT2D eigenvalue weighted by Crippen LogP contribution is 2.20. The zero-order valence-corrected chi connectivity index (χ0v) is 10.0. The molecule has 1 amide bonds. The van der Waals surface area contributed by atoms with Gasteiger partial charge in [0.25, 0.3) is 0 Å². The number of amides is 1. The molecular weight excluding hydrogens is 293 g/mol. The Labute approximate surface area is 96.9 Å². The van der Waals surface area contributed by atoms with E-state index in [9.17, 15) is 4.79 Å². The third-order valence-corrected chi connectivity index (χ3v) is 2.86. The zero-order chi connectivity index (χ0) is 10.6. The molecule has 1 N–H and O–H groups in total. The van der Waals surface area contributed by atoms with Crippen molar-refractivity contribution in [2.24, 2.45) is 0 Å². The lowest BCUT2D eigenvalue weighted by Gasteiger charge is -2.24. The summed E-state index contributed by atoms with van der Waals surface area (Å²) in [4.78, 5) is 12.3. The van der Waals surface area contributed by atoms with Crippen LogP contribution >= 0.6 is 22.6 Å². The van der Waals surface area contributed by atoms with E-state index in [4.69, 9.17) is 5.11 Å². The Hall–Kier alpha value is -0.780. The van der Waals surface area contributed by atoms with E-state index in [1.807, 2.05) is 37.3 Å². The van der Waals surface area contributed by atoms with Gasteiger partial charge in [-0.1, -0.05) is 52.9 Å². The molecule has 0 radical (unpaired) electrons. The zero-order valence-electron chi connectivity index (χ0n) is 7.85. The molecule has 3 nitrogen and oxygen atoms in total. The largest absolute Gasteiger partial charge is 0.465 e. The van der Waals surface area contributed by atoms with Crippen molar-refractivity contribution in [1.29, 1.82) is 0 Å². The predicted molar refractivity (Wildman–Crippen MR) is 63.6 cm³/mol. The number of rotatable bonds is 3. The van der Waals surface area contributed by atoms with Crippen LogP contribution in [0.5, 0.6) is 0 Å². The molecule has 0 aliphatic carbocycles. The van der Waals surface area contributed by atoms with Crippen LogP contribution in [0.4, 0.5) is 4.79 Å². The van der Waals surface area contributed by atoms with Crippen molar-refractivity contribution in [1.82, 2.24) is 4.90 Å². The van der Waals surface area contributed by atoms with E-state index >= 15 is 0 Å². The maximum Gasteiger partial charge on any atom is 0.408 e. The number of carbonyl (C=O) groups is 1. The molecule has 14 heavy (non-hydrogen) atoms. The number of halogens is 1. The van der Waals surface area contributed by atoms with E-state index in [-0.39, 0.29) is 6.04 Å². The van der Waals surface area contributed by atoms with Gasteiger partial charge in [0.2, 0.25) is 0 Å². The van der Waals surface area contributed by atoms with E-state index in [2.05, 4.69) is 22.6 Å². The number of hydrogen-bond donors (Lipinski definition) is 1. The SMILES string of the molecule is CC(c1ccccc1)N(CI)C(=O)O. The maximum absolute atomic E-state index is 10.9. The Morgan fingerprint density at radius 3 is 2.50 bits per heavy atom. The van der Waals surface area contributed by atoms with Crippen molar-refractivity contribution in [3.63, 3.8) is 0 Å². The van der Waals surface area contributed by atoms with Crippen LogP contribution in [-0.2, 0) is 0 Å². The van der Waals surface area contributed by atoms with Crippen LogP contribution in [0.25, 0.3) is 0 Å². The lowest BCUT2D eigenvalue weighted by Crippen LogP contribution is -2.30. The minimum Gasteiger partial charge on any atom is -0.465 e. The van der Waals surface area contributed by atoms with E-state index < -0.39 is 6.09 Å². The first-order valence-corrected chi connectivity index (χ1v) is 5.80. The average molecular weight is 305 g/mol. The van der Waals surface area contributed by atoms with Crippen LogP contribution in [0.3, 0.4) is 0 Å². The Bertz CT molecular complexity index is 302. The Balaban J connectivity index is 2.83. The summed E-state index contributed by atoms with van der Waals surface area (Å²) in [6, 6.07) is 9.54. The van der Waals surface area contributed by atoms with Gasteiger partial charge in [-0.25, -0.2) is 4.79 Å². The number of carboxylic acid groups (broad SMARTS) is 1. The molecule has 0 saturated heterocycles. The molecule has 0 heterocycles. The molecule has 76 valence electrons. The molecule has 0 aliphatic heterocycles. The molecule has 1 aromatic carbocycles. The van der Waals surface area contributed by atoms with Crippen molar-refractivity contribution in [2.75, 3.05) is 4.55 Å². The summed E-state index contributed by atoms with van der Waals surface area (Å²) >= 11 is 2.05. The van der Waals surface area contributed by atoms with Crippen molar-refractivity contribution in [3.05, 3.63) is 35.9 Å². The van der Waals surface area contributed by atoms with Crippen molar-refractivity contribution in [3.8, 4) is 0 Å². The van der Waals surface area contributed by atoms with Gasteiger partial charge >= 0.3 is 6.09 Å². The molecule has 0 fully saturated rings. The predicted octanol–water partition coefficient (Wildman–Crippen LogP) is 3.12. The van der Waals surface area contributed by atoms with E-state index in [1.165, 1.54) is 4.90 Å². The Morgan fingerprint density at radius 1 is 1.50 bits per heavy atom. The monoisotopic (exact) mass is 305 g/mol. The number of benzene rings is 1. The first-order chi connectivity index (χ1) is 6.66. The summed E-state index contributed by atoms with van der Waals surface area (Å²) in [5.41, 5.74) is 1.02. The minimum atomic E-state index is -0.879. The van der Waals surface area contributed by atoms with Crippen LogP contribution in [0.15, 0.2) is 30.3 Å². The average Bonchev–Trinajstić information content (AvgIpc) is 2.19. The summed E-state index contributed by atoms with van der Waals surface area (Å²) in [6.07, 6.45) is -0.879. The van der Waals surface area contributed by atoms with Gasteiger partial charge in [0, 0.05) is 0 Å². The summed E-state index contributed by atoms with van der Waals surface area (Å²) in [5.74, 6) is 0. The van der Waals surface area contributed by atoms with Gasteiger partial charge in [-0.2, -0.15) is 0 Å². The summed E-state index contributed by atoms with van der Waals surface area (Å²) in [7, 11) is 0. The maximum atomic E-state index is 10.9. The lowest BCUT2D eigenvalue weighted by molar-refractivity contribution is 0.140. The second-order valence-electron chi connectivity index (χ2n) is 2.96. The highest BCUT2D eigenvalue weighted by atomic mass is 127. The highest BCUT2D eigenvalue weighted by molar-refractivity contribution is 14.1. The molecule has 1 unspecified atom stereocenters. The van der Waals surface area contributed by atoms with Gasteiger partial charge in [0.1, 0.15) is 0 Å². The molecular formula is C10H12INO2. The van der Waals surface area contributed by atoms with Crippen LogP contribution in [-0.4, -0.2) is 20.7 Å². The number of alkyl halides is 1. The molecule has 1 rings (SSSR count). The fraction of sp³-hybridized carbons (Fsp3) is 0.300. The van der Waals surface area contributed by atoms with Gasteiger partial charge in [-0.3, -0.25) is 4.90 Å². The molecule has 0 aromatic heterocycles. The lowest BCUT2D eigenvalue weighted by atomic mass is 10.1. The van der Waals surface area contributed by atoms with Crippen LogP contribution in [0.2, 0.25) is 0 Å². The van der Waals surface area contributed by atoms with Gasteiger partial charge in [0.05, 0.1) is 10.6 Å². The van der Waals surface area contributed by atoms with E-state index in [0.717, 1.165) is 5.56 Å². The van der Waals surface area contributed by atoms with Crippen molar-refractivity contribution >= 4 is 28.7 Å². The summed E-state index contributed by atoms with van der Waals surface area (Å²) in [6.45, 7) is 1.89. The first-order valence-electron chi connectivity index (χ1n) is 4.27. The van der Waals surface area contributed by atoms with Gasteiger partial charge < -0.3 is 5.11 Å². The molecule has 4 heteroatoms. The van der Waals surface area contributed by atoms with E-state index in [0.29, 0.717) is 4.55 Å². The number of hydrogen-bond acceptors (Lipinski definition) is 1.